The van der Waals surface area contributed by atoms with Crippen molar-refractivity contribution in [1.82, 2.24) is 10.6 Å². The van der Waals surface area contributed by atoms with Gasteiger partial charge in [0.25, 0.3) is 40.5 Å². The lowest BCUT2D eigenvalue weighted by Crippen LogP contribution is -2.63. The fraction of sp³-hybridized carbons (Fsp3) is 0.952. The summed E-state index contributed by atoms with van der Waals surface area (Å²) in [6.45, 7) is 30.7. The van der Waals surface area contributed by atoms with E-state index in [0.29, 0.717) is 48.9 Å². The van der Waals surface area contributed by atoms with Gasteiger partial charge in [-0.3, -0.25) is 17.5 Å². The zero-order valence-corrected chi connectivity index (χ0v) is 47.7. The lowest BCUT2D eigenvalue weighted by molar-refractivity contribution is -0.426. The Balaban J connectivity index is -0.000000248. The number of nitrogens with one attached hydrogen (secondary N) is 2. The molecule has 22 nitrogen and oxygen atoms in total. The first kappa shape index (κ1) is 75.0. The number of nitrogens with two attached hydrogens (primary N) is 2. The molecule has 414 valence electrons. The number of alkyl carbamates (subject to hydrolysis) is 2. The third-order valence-electron chi connectivity index (χ3n) is 7.38. The lowest BCUT2D eigenvalue weighted by Gasteiger charge is -2.24. The fourth-order valence-corrected chi connectivity index (χ4v) is 7.69. The van der Waals surface area contributed by atoms with Crippen molar-refractivity contribution in [2.75, 3.05) is 43.8 Å². The van der Waals surface area contributed by atoms with Crippen LogP contribution in [0, 0.1) is 29.6 Å². The van der Waals surface area contributed by atoms with Crippen molar-refractivity contribution in [1.29, 1.82) is 0 Å². The molecule has 0 aliphatic carbocycles. The minimum absolute atomic E-state index is 0.0553. The first-order valence-corrected chi connectivity index (χ1v) is 29.4. The second-order valence-electron chi connectivity index (χ2n) is 20.9. The van der Waals surface area contributed by atoms with E-state index in [9.17, 15) is 43.3 Å². The maximum absolute atomic E-state index is 11.6. The van der Waals surface area contributed by atoms with Crippen LogP contribution in [0.4, 0.5) is 9.59 Å². The third-order valence-corrected chi connectivity index (χ3v) is 10.2. The molecular formula is C42H96N5O17S4+. The average Bonchev–Trinajstić information content (AvgIpc) is 3.01. The predicted molar refractivity (Wildman–Crippen MR) is 268 cm³/mol. The Bertz CT molecular complexity index is 1740. The second-order valence-corrected chi connectivity index (χ2v) is 27.2. The molecule has 1 unspecified atom stereocenters. The largest absolute Gasteiger partial charge is 0.444 e. The third kappa shape index (κ3) is 70.6. The smallest absolute Gasteiger partial charge is 0.407 e. The van der Waals surface area contributed by atoms with Gasteiger partial charge in [0, 0.05) is 18.5 Å². The first-order chi connectivity index (χ1) is 30.1. The number of carbonyl (C=O) groups is 2. The summed E-state index contributed by atoms with van der Waals surface area (Å²) in [5, 5.41) is 14.3. The highest BCUT2D eigenvalue weighted by Gasteiger charge is 2.22. The number of rotatable bonds is 23. The second kappa shape index (κ2) is 36.0. The zero-order valence-electron chi connectivity index (χ0n) is 44.4. The van der Waals surface area contributed by atoms with Gasteiger partial charge in [-0.05, 0) is 96.8 Å². The first-order valence-electron chi connectivity index (χ1n) is 22.6. The van der Waals surface area contributed by atoms with E-state index in [1.54, 1.807) is 20.8 Å². The number of aliphatic hydroxyl groups is 1. The molecule has 0 saturated carbocycles. The summed E-state index contributed by atoms with van der Waals surface area (Å²) in [5.74, 6) is 1.27. The molecule has 2 amide bonds. The highest BCUT2D eigenvalue weighted by Crippen LogP contribution is 2.12. The van der Waals surface area contributed by atoms with Crippen LogP contribution in [0.3, 0.4) is 0 Å². The van der Waals surface area contributed by atoms with Gasteiger partial charge >= 0.3 is 12.2 Å². The maximum Gasteiger partial charge on any atom is 0.407 e. The van der Waals surface area contributed by atoms with E-state index in [4.69, 9.17) is 39.3 Å². The van der Waals surface area contributed by atoms with E-state index < -0.39 is 82.0 Å². The number of hydrogen-bond donors (Lipinski definition) is 8. The molecule has 0 aromatic carbocycles. The van der Waals surface area contributed by atoms with E-state index in [-0.39, 0.29) is 43.4 Å². The van der Waals surface area contributed by atoms with Gasteiger partial charge < -0.3 is 42.4 Å². The number of hydrogen-bond acceptors (Lipinski definition) is 17. The van der Waals surface area contributed by atoms with Crippen LogP contribution in [0.1, 0.15) is 143 Å². The van der Waals surface area contributed by atoms with Crippen LogP contribution in [0.5, 0.6) is 0 Å². The van der Waals surface area contributed by atoms with Gasteiger partial charge in [0.2, 0.25) is 0 Å². The Kier molecular flexibility index (Phi) is 39.7. The van der Waals surface area contributed by atoms with Crippen molar-refractivity contribution in [3.8, 4) is 0 Å². The summed E-state index contributed by atoms with van der Waals surface area (Å²) in [4.78, 5) is 23.0. The lowest BCUT2D eigenvalue weighted by atomic mass is 10.0. The number of carbonyl (C=O) groups excluding carboxylic acids is 2. The molecule has 0 aromatic rings. The normalized spacial score (nSPS) is 14.7. The molecule has 5 atom stereocenters. The summed E-state index contributed by atoms with van der Waals surface area (Å²) in [6, 6.07) is -1.47. The molecule has 0 heterocycles. The average molecular weight is 1070 g/mol. The molecule has 0 radical (unpaired) electrons. The molecule has 0 aliphatic rings. The van der Waals surface area contributed by atoms with Crippen molar-refractivity contribution in [2.45, 2.75) is 184 Å². The maximum atomic E-state index is 11.6. The predicted octanol–water partition coefficient (Wildman–Crippen LogP) is 3.93. The summed E-state index contributed by atoms with van der Waals surface area (Å²) < 4.78 is 121. The van der Waals surface area contributed by atoms with Gasteiger partial charge in [-0.2, -0.15) is 33.7 Å². The summed E-state index contributed by atoms with van der Waals surface area (Å²) >= 11 is 0. The quantitative estimate of drug-likeness (QED) is 0.0530. The number of quaternary nitrogens is 1. The number of ether oxygens (including phenoxy) is 2. The van der Waals surface area contributed by atoms with Crippen LogP contribution >= 0.6 is 0 Å². The molecule has 26 heteroatoms. The molecule has 0 spiro atoms. The van der Waals surface area contributed by atoms with Gasteiger partial charge in [-0.15, -0.1) is 0 Å². The zero-order chi connectivity index (χ0) is 55.2. The van der Waals surface area contributed by atoms with E-state index in [1.165, 1.54) is 0 Å². The molecular weight excluding hydrogens is 975 g/mol. The fourth-order valence-electron chi connectivity index (χ4n) is 5.48. The van der Waals surface area contributed by atoms with Gasteiger partial charge in [0.05, 0.1) is 49.3 Å². The van der Waals surface area contributed by atoms with Gasteiger partial charge in [0.1, 0.15) is 23.9 Å². The molecule has 0 aromatic heterocycles. The minimum Gasteiger partial charge on any atom is -0.444 e. The van der Waals surface area contributed by atoms with Crippen LogP contribution in [-0.2, 0) is 58.3 Å². The summed E-state index contributed by atoms with van der Waals surface area (Å²) in [5.41, 5.74) is 13.5. The highest BCUT2D eigenvalue weighted by atomic mass is 32.2. The van der Waals surface area contributed by atoms with Crippen LogP contribution in [0.2, 0.25) is 0 Å². The summed E-state index contributed by atoms with van der Waals surface area (Å²) in [7, 11) is -14.6. The van der Waals surface area contributed by atoms with Crippen molar-refractivity contribution < 1.29 is 81.0 Å². The van der Waals surface area contributed by atoms with E-state index in [0.717, 1.165) is 25.4 Å². The SMILES string of the molecule is CC(C)CC(CO)NC(=O)OC(C)(C)C.CC(C)C[C@@H](COS(C)(=O)=O)NC(=O)OC(C)(C)C.CC(C)C[C@H](N)CS(=O)(=O)O.CC(C)C[C@H](N)CS(=O)(=O)O.CC(C)C[C@H]([NH3+])COS(C)(=O)=O. The molecule has 0 rings (SSSR count). The Morgan fingerprint density at radius 3 is 1.06 bits per heavy atom. The van der Waals surface area contributed by atoms with Gasteiger partial charge in [-0.25, -0.2) is 9.59 Å². The molecule has 12 N–H and O–H groups in total. The van der Waals surface area contributed by atoms with Crippen LogP contribution < -0.4 is 27.8 Å². The Morgan fingerprint density at radius 2 is 0.809 bits per heavy atom. The van der Waals surface area contributed by atoms with Crippen molar-refractivity contribution in [3.05, 3.63) is 0 Å². The molecule has 68 heavy (non-hydrogen) atoms. The number of amides is 2. The minimum atomic E-state index is -3.89. The Morgan fingerprint density at radius 1 is 0.529 bits per heavy atom. The Labute approximate surface area is 411 Å². The Hall–Kier alpha value is -1.98. The molecule has 0 fully saturated rings. The van der Waals surface area contributed by atoms with E-state index in [2.05, 4.69) is 34.4 Å². The van der Waals surface area contributed by atoms with Crippen LogP contribution in [-0.4, -0.2) is 145 Å². The molecule has 0 aliphatic heterocycles. The van der Waals surface area contributed by atoms with Crippen LogP contribution in [0.25, 0.3) is 0 Å². The highest BCUT2D eigenvalue weighted by molar-refractivity contribution is 7.86. The summed E-state index contributed by atoms with van der Waals surface area (Å²) in [6.07, 6.45) is 4.44. The molecule has 0 bridgehead atoms. The number of aliphatic hydroxyl groups excluding tert-OH is 1. The van der Waals surface area contributed by atoms with E-state index >= 15 is 0 Å². The van der Waals surface area contributed by atoms with Gasteiger partial charge in [-0.1, -0.05) is 69.2 Å². The van der Waals surface area contributed by atoms with E-state index in [1.807, 2.05) is 76.2 Å². The van der Waals surface area contributed by atoms with Crippen LogP contribution in [0.15, 0.2) is 0 Å². The van der Waals surface area contributed by atoms with Crippen molar-refractivity contribution in [3.63, 3.8) is 0 Å². The standard InChI is InChI=1S/C12H25NO5S.C11H23NO3.C7H17NO3S.2C6H15NO3S/c1-9(2)7-10(8-17-19(6,15)16)13-11(14)18-12(3,4)5;1-8(2)6-9(7-13)12-10(14)15-11(3,4)5;1-6(2)4-7(8)5-11-12(3,9)10;2*1-5(2)3-6(7)4-11(8,9)10/h9-10H,7-8H2,1-6H3,(H,13,14);8-9,13H,6-7H2,1-5H3,(H,12,14);6-7H,4-5,8H2,1-3H3;2*5-6H,3-4,7H2,1-2H3,(H,8,9,10)/p+1/t10-;;7-;2*6-/m0.000/s1. The topological polar surface area (TPSA) is 372 Å². The molecule has 0 saturated heterocycles. The van der Waals surface area contributed by atoms with Crippen molar-refractivity contribution >= 4 is 52.7 Å². The van der Waals surface area contributed by atoms with Gasteiger partial charge in [0.15, 0.2) is 0 Å². The monoisotopic (exact) mass is 1070 g/mol. The van der Waals surface area contributed by atoms with Crippen molar-refractivity contribution in [2.24, 2.45) is 41.1 Å².